The molecule has 1 amide bonds. The molecule has 0 aromatic heterocycles. The van der Waals surface area contributed by atoms with Crippen molar-refractivity contribution < 1.29 is 39.9 Å². The molecule has 1 saturated heterocycles. The van der Waals surface area contributed by atoms with Gasteiger partial charge in [-0.3, -0.25) is 4.79 Å². The molecule has 124 valence electrons. The summed E-state index contributed by atoms with van der Waals surface area (Å²) in [6, 6.07) is 0. The summed E-state index contributed by atoms with van der Waals surface area (Å²) in [5.74, 6) is -2.66. The number of hydrogen-bond donors (Lipinski definition) is 6. The van der Waals surface area contributed by atoms with Gasteiger partial charge in [0.2, 0.25) is 5.91 Å². The molecule has 0 aromatic carbocycles. The SMILES string of the molecule is C#CCCC(=O)NC[C@@H](O)C1O[C@@](O)(C(=O)O)C[C@@H](O)[C@H]1O. The fourth-order valence-electron chi connectivity index (χ4n) is 2.02. The smallest absolute Gasteiger partial charge is 0.364 e. The Bertz CT molecular complexity index is 461. The molecular weight excluding hydrogens is 298 g/mol. The Morgan fingerprint density at radius 1 is 1.45 bits per heavy atom. The molecule has 0 saturated carbocycles. The molecule has 0 radical (unpaired) electrons. The normalized spacial score (nSPS) is 32.8. The summed E-state index contributed by atoms with van der Waals surface area (Å²) < 4.78 is 4.81. The molecule has 5 atom stereocenters. The van der Waals surface area contributed by atoms with Gasteiger partial charge < -0.3 is 35.6 Å². The summed E-state index contributed by atoms with van der Waals surface area (Å²) in [6.07, 6.45) is -1.84. The number of nitrogens with one attached hydrogen (secondary N) is 1. The number of carbonyl (C=O) groups is 2. The fourth-order valence-corrected chi connectivity index (χ4v) is 2.02. The van der Waals surface area contributed by atoms with Crippen molar-refractivity contribution >= 4 is 11.9 Å². The van der Waals surface area contributed by atoms with Gasteiger partial charge in [-0.15, -0.1) is 12.3 Å². The van der Waals surface area contributed by atoms with Crippen molar-refractivity contribution in [2.45, 2.75) is 49.5 Å². The van der Waals surface area contributed by atoms with Crippen LogP contribution in [0.2, 0.25) is 0 Å². The molecule has 0 spiro atoms. The summed E-state index contributed by atoms with van der Waals surface area (Å²) in [7, 11) is 0. The molecule has 0 aliphatic carbocycles. The average molecular weight is 317 g/mol. The van der Waals surface area contributed by atoms with E-state index < -0.39 is 48.5 Å². The van der Waals surface area contributed by atoms with Gasteiger partial charge >= 0.3 is 5.97 Å². The fraction of sp³-hybridized carbons (Fsp3) is 0.692. The Hall–Kier alpha value is -1.70. The van der Waals surface area contributed by atoms with Gasteiger partial charge in [-0.2, -0.15) is 0 Å². The zero-order chi connectivity index (χ0) is 16.9. The molecule has 0 bridgehead atoms. The first kappa shape index (κ1) is 18.3. The first-order chi connectivity index (χ1) is 10.2. The number of ether oxygens (including phenoxy) is 1. The molecule has 1 rings (SSSR count). The van der Waals surface area contributed by atoms with Crippen LogP contribution in [0.3, 0.4) is 0 Å². The van der Waals surface area contributed by atoms with E-state index in [9.17, 15) is 30.0 Å². The lowest BCUT2D eigenvalue weighted by Crippen LogP contribution is -2.62. The molecule has 6 N–H and O–H groups in total. The Balaban J connectivity index is 2.66. The second-order valence-corrected chi connectivity index (χ2v) is 5.01. The number of carboxylic acid groups (broad SMARTS) is 1. The summed E-state index contributed by atoms with van der Waals surface area (Å²) in [4.78, 5) is 22.3. The first-order valence-corrected chi connectivity index (χ1v) is 6.59. The number of amides is 1. The van der Waals surface area contributed by atoms with Crippen molar-refractivity contribution in [1.29, 1.82) is 0 Å². The number of carbonyl (C=O) groups excluding carboxylic acids is 1. The standard InChI is InChI=1S/C13H19NO8/c1-2-3-4-9(17)14-6-8(16)11-10(18)7(15)5-13(21,22-11)12(19)20/h1,7-8,10-11,15-16,18,21H,3-6H2,(H,14,17)(H,19,20)/t7-,8-,10-,11?,13-/m1/s1. The van der Waals surface area contributed by atoms with E-state index in [0.717, 1.165) is 0 Å². The molecule has 9 heteroatoms. The van der Waals surface area contributed by atoms with Crippen molar-refractivity contribution in [3.63, 3.8) is 0 Å². The number of carboxylic acids is 1. The van der Waals surface area contributed by atoms with Crippen molar-refractivity contribution in [2.24, 2.45) is 0 Å². The van der Waals surface area contributed by atoms with Gasteiger partial charge in [0.25, 0.3) is 5.79 Å². The highest BCUT2D eigenvalue weighted by atomic mass is 16.7. The molecular formula is C13H19NO8. The van der Waals surface area contributed by atoms with E-state index in [0.29, 0.717) is 0 Å². The van der Waals surface area contributed by atoms with Gasteiger partial charge in [-0.1, -0.05) is 0 Å². The van der Waals surface area contributed by atoms with Crippen LogP contribution in [-0.4, -0.2) is 74.2 Å². The van der Waals surface area contributed by atoms with E-state index >= 15 is 0 Å². The number of aliphatic carboxylic acids is 1. The van der Waals surface area contributed by atoms with Crippen LogP contribution in [0, 0.1) is 12.3 Å². The third-order valence-electron chi connectivity index (χ3n) is 3.27. The van der Waals surface area contributed by atoms with Crippen molar-refractivity contribution in [3.8, 4) is 12.3 Å². The van der Waals surface area contributed by atoms with Gasteiger partial charge in [0.15, 0.2) is 0 Å². The maximum atomic E-state index is 11.4. The number of hydrogen-bond acceptors (Lipinski definition) is 7. The molecule has 0 aromatic rings. The highest BCUT2D eigenvalue weighted by Gasteiger charge is 2.52. The van der Waals surface area contributed by atoms with Crippen molar-refractivity contribution in [2.75, 3.05) is 6.54 Å². The minimum Gasteiger partial charge on any atom is -0.477 e. The van der Waals surface area contributed by atoms with E-state index in [-0.39, 0.29) is 19.4 Å². The Morgan fingerprint density at radius 3 is 2.64 bits per heavy atom. The third-order valence-corrected chi connectivity index (χ3v) is 3.27. The maximum absolute atomic E-state index is 11.4. The van der Waals surface area contributed by atoms with Crippen LogP contribution >= 0.6 is 0 Å². The summed E-state index contributed by atoms with van der Waals surface area (Å²) >= 11 is 0. The van der Waals surface area contributed by atoms with Gasteiger partial charge in [0, 0.05) is 25.8 Å². The molecule has 22 heavy (non-hydrogen) atoms. The highest BCUT2D eigenvalue weighted by Crippen LogP contribution is 2.29. The number of rotatable bonds is 6. The van der Waals surface area contributed by atoms with E-state index in [4.69, 9.17) is 16.3 Å². The van der Waals surface area contributed by atoms with Crippen LogP contribution in [0.25, 0.3) is 0 Å². The monoisotopic (exact) mass is 317 g/mol. The number of aliphatic hydroxyl groups is 4. The molecule has 1 unspecified atom stereocenters. The van der Waals surface area contributed by atoms with Crippen LogP contribution in [0.15, 0.2) is 0 Å². The van der Waals surface area contributed by atoms with E-state index in [1.165, 1.54) is 0 Å². The predicted molar refractivity (Wildman–Crippen MR) is 71.2 cm³/mol. The lowest BCUT2D eigenvalue weighted by molar-refractivity contribution is -0.306. The zero-order valence-electron chi connectivity index (χ0n) is 11.7. The van der Waals surface area contributed by atoms with Gasteiger partial charge in [-0.25, -0.2) is 4.79 Å². The quantitative estimate of drug-likeness (QED) is 0.286. The van der Waals surface area contributed by atoms with Gasteiger partial charge in [-0.05, 0) is 0 Å². The van der Waals surface area contributed by atoms with Crippen LogP contribution in [0.4, 0.5) is 0 Å². The van der Waals surface area contributed by atoms with Crippen LogP contribution < -0.4 is 5.32 Å². The molecule has 1 aliphatic rings. The molecule has 1 fully saturated rings. The molecule has 1 aliphatic heterocycles. The van der Waals surface area contributed by atoms with Gasteiger partial charge in [0.1, 0.15) is 18.3 Å². The summed E-state index contributed by atoms with van der Waals surface area (Å²) in [5, 5.41) is 50.2. The third kappa shape index (κ3) is 4.40. The second kappa shape index (κ2) is 7.53. The maximum Gasteiger partial charge on any atom is 0.364 e. The highest BCUT2D eigenvalue weighted by molar-refractivity contribution is 5.76. The van der Waals surface area contributed by atoms with Crippen molar-refractivity contribution in [3.05, 3.63) is 0 Å². The number of terminal acetylenes is 1. The van der Waals surface area contributed by atoms with Crippen LogP contribution in [0.1, 0.15) is 19.3 Å². The Morgan fingerprint density at radius 2 is 2.09 bits per heavy atom. The van der Waals surface area contributed by atoms with Crippen LogP contribution in [0.5, 0.6) is 0 Å². The Labute approximate surface area is 126 Å². The minimum atomic E-state index is -2.72. The molecule has 9 nitrogen and oxygen atoms in total. The van der Waals surface area contributed by atoms with Crippen molar-refractivity contribution in [1.82, 2.24) is 5.32 Å². The molecule has 1 heterocycles. The largest absolute Gasteiger partial charge is 0.477 e. The summed E-state index contributed by atoms with van der Waals surface area (Å²) in [5.41, 5.74) is 0. The minimum absolute atomic E-state index is 0.0407. The summed E-state index contributed by atoms with van der Waals surface area (Å²) in [6.45, 7) is -0.368. The predicted octanol–water partition coefficient (Wildman–Crippen LogP) is -2.84. The Kier molecular flexibility index (Phi) is 6.28. The van der Waals surface area contributed by atoms with E-state index in [1.54, 1.807) is 0 Å². The lowest BCUT2D eigenvalue weighted by atomic mass is 9.92. The van der Waals surface area contributed by atoms with Crippen LogP contribution in [-0.2, 0) is 14.3 Å². The van der Waals surface area contributed by atoms with E-state index in [2.05, 4.69) is 11.2 Å². The first-order valence-electron chi connectivity index (χ1n) is 6.59. The second-order valence-electron chi connectivity index (χ2n) is 5.01. The lowest BCUT2D eigenvalue weighted by Gasteiger charge is -2.41. The topological polar surface area (TPSA) is 157 Å². The zero-order valence-corrected chi connectivity index (χ0v) is 11.7. The number of aliphatic hydroxyl groups excluding tert-OH is 3. The average Bonchev–Trinajstić information content (AvgIpc) is 2.46. The van der Waals surface area contributed by atoms with Gasteiger partial charge in [0.05, 0.1) is 6.10 Å². The van der Waals surface area contributed by atoms with E-state index in [1.807, 2.05) is 0 Å².